The molecule has 100 heavy (non-hydrogen) atoms. The molecule has 0 radical (unpaired) electrons. The van der Waals surface area contributed by atoms with Crippen LogP contribution in [0.15, 0.2) is 0 Å². The molecular weight excluding hydrogens is 1310 g/mol. The Kier molecular flexibility index (Phi) is 69.9. The van der Waals surface area contributed by atoms with Crippen LogP contribution in [0, 0.1) is 17.8 Å². The minimum absolute atomic E-state index is 0.106. The molecule has 0 heterocycles. The summed E-state index contributed by atoms with van der Waals surface area (Å²) >= 11 is 0. The normalized spacial score (nSPS) is 14.0. The molecule has 3 N–H and O–H groups in total. The highest BCUT2D eigenvalue weighted by Gasteiger charge is 2.30. The number of aliphatic hydroxyl groups excluding tert-OH is 1. The van der Waals surface area contributed by atoms with Gasteiger partial charge in [0.1, 0.15) is 19.3 Å². The van der Waals surface area contributed by atoms with Crippen molar-refractivity contribution in [2.24, 2.45) is 17.8 Å². The number of rotatable bonds is 79. The monoisotopic (exact) mass is 1470 g/mol. The van der Waals surface area contributed by atoms with E-state index < -0.39 is 97.5 Å². The predicted octanol–water partition coefficient (Wildman–Crippen LogP) is 24.1. The average Bonchev–Trinajstić information content (AvgIpc) is 0.923. The number of hydrogen-bond donors (Lipinski definition) is 3. The lowest BCUT2D eigenvalue weighted by atomic mass is 10.0. The molecule has 0 aliphatic carbocycles. The molecule has 0 saturated carbocycles. The molecule has 2 unspecified atom stereocenters. The minimum Gasteiger partial charge on any atom is -0.462 e. The van der Waals surface area contributed by atoms with Crippen molar-refractivity contribution in [3.63, 3.8) is 0 Å². The van der Waals surface area contributed by atoms with Gasteiger partial charge in [0.2, 0.25) is 0 Å². The standard InChI is InChI=1S/C81H158O17P2/c1-8-9-10-11-38-48-55-62-78(83)91-68-76(97-81(86)65-58-51-44-37-31-25-28-34-41-47-54-61-74(6)7)70-95-99(87,88)93-66-75(82)67-94-100(89,90)96-71-77(69-92-79(84)63-56-49-42-35-29-23-20-16-18-22-27-33-40-46-53-60-73(4)5)98-80(85)64-57-50-43-36-30-24-19-15-13-12-14-17-21-26-32-39-45-52-59-72(2)3/h72-77,82H,8-71H2,1-7H3,(H,87,88)(H,89,90)/t75-,76+,77+/m0/s1. The zero-order valence-corrected chi connectivity index (χ0v) is 67.5. The molecule has 0 fully saturated rings. The Hall–Kier alpha value is -1.94. The van der Waals surface area contributed by atoms with Gasteiger partial charge in [0.25, 0.3) is 0 Å². The summed E-state index contributed by atoms with van der Waals surface area (Å²) in [5.41, 5.74) is 0. The summed E-state index contributed by atoms with van der Waals surface area (Å²) in [7, 11) is -9.91. The van der Waals surface area contributed by atoms with E-state index in [1.165, 1.54) is 218 Å². The van der Waals surface area contributed by atoms with E-state index in [0.29, 0.717) is 25.7 Å². The van der Waals surface area contributed by atoms with Gasteiger partial charge >= 0.3 is 39.5 Å². The summed E-state index contributed by atoms with van der Waals surface area (Å²) in [5, 5.41) is 10.6. The van der Waals surface area contributed by atoms with Crippen molar-refractivity contribution in [1.29, 1.82) is 0 Å². The Bertz CT molecular complexity index is 1940. The van der Waals surface area contributed by atoms with E-state index in [4.69, 9.17) is 37.0 Å². The maximum Gasteiger partial charge on any atom is 0.472 e. The molecule has 0 spiro atoms. The number of phosphoric ester groups is 2. The molecule has 0 amide bonds. The zero-order chi connectivity index (χ0) is 73.7. The quantitative estimate of drug-likeness (QED) is 0.0222. The van der Waals surface area contributed by atoms with Crippen LogP contribution in [0.5, 0.6) is 0 Å². The van der Waals surface area contributed by atoms with Crippen LogP contribution in [0.2, 0.25) is 0 Å². The highest BCUT2D eigenvalue weighted by atomic mass is 31.2. The lowest BCUT2D eigenvalue weighted by Crippen LogP contribution is -2.30. The first-order chi connectivity index (χ1) is 48.2. The Morgan fingerprint density at radius 2 is 0.460 bits per heavy atom. The van der Waals surface area contributed by atoms with Crippen molar-refractivity contribution in [2.75, 3.05) is 39.6 Å². The smallest absolute Gasteiger partial charge is 0.462 e. The molecule has 5 atom stereocenters. The summed E-state index contributed by atoms with van der Waals surface area (Å²) < 4.78 is 68.6. The molecule has 0 bridgehead atoms. The van der Waals surface area contributed by atoms with Crippen LogP contribution >= 0.6 is 15.6 Å². The lowest BCUT2D eigenvalue weighted by molar-refractivity contribution is -0.161. The molecule has 0 aromatic carbocycles. The zero-order valence-electron chi connectivity index (χ0n) is 65.7. The number of phosphoric acid groups is 2. The Balaban J connectivity index is 5.17. The minimum atomic E-state index is -4.96. The number of unbranched alkanes of at least 4 members (excludes halogenated alkanes) is 47. The van der Waals surface area contributed by atoms with E-state index in [9.17, 15) is 43.2 Å². The number of ether oxygens (including phenoxy) is 4. The summed E-state index contributed by atoms with van der Waals surface area (Å²) in [4.78, 5) is 72.9. The first-order valence-corrected chi connectivity index (χ1v) is 44.8. The number of carbonyl (C=O) groups excluding carboxylic acids is 4. The number of aliphatic hydroxyl groups is 1. The van der Waals surface area contributed by atoms with Gasteiger partial charge in [-0.15, -0.1) is 0 Å². The van der Waals surface area contributed by atoms with Crippen LogP contribution in [-0.4, -0.2) is 96.7 Å². The van der Waals surface area contributed by atoms with Gasteiger partial charge in [-0.3, -0.25) is 37.3 Å². The van der Waals surface area contributed by atoms with E-state index in [1.54, 1.807) is 0 Å². The molecule has 17 nitrogen and oxygen atoms in total. The third-order valence-electron chi connectivity index (χ3n) is 18.9. The van der Waals surface area contributed by atoms with E-state index in [0.717, 1.165) is 120 Å². The Morgan fingerprint density at radius 3 is 0.680 bits per heavy atom. The lowest BCUT2D eigenvalue weighted by Gasteiger charge is -2.21. The van der Waals surface area contributed by atoms with Crippen molar-refractivity contribution in [2.45, 2.75) is 439 Å². The van der Waals surface area contributed by atoms with Crippen LogP contribution in [0.25, 0.3) is 0 Å². The number of hydrogen-bond acceptors (Lipinski definition) is 15. The first kappa shape index (κ1) is 98.1. The summed E-state index contributed by atoms with van der Waals surface area (Å²) in [6.45, 7) is 12.0. The van der Waals surface area contributed by atoms with Crippen molar-refractivity contribution < 1.29 is 80.2 Å². The third-order valence-corrected chi connectivity index (χ3v) is 20.8. The fourth-order valence-corrected chi connectivity index (χ4v) is 14.1. The van der Waals surface area contributed by atoms with Gasteiger partial charge in [0, 0.05) is 25.7 Å². The SMILES string of the molecule is CCCCCCCCCC(=O)OC[C@H](COP(=O)(O)OC[C@H](O)COP(=O)(O)OC[C@@H](COC(=O)CCCCCCCCCCCCCCCCCC(C)C)OC(=O)CCCCCCCCCCCCCCCCCCCCC(C)C)OC(=O)CCCCCCCCCCCCCC(C)C. The largest absolute Gasteiger partial charge is 0.472 e. The van der Waals surface area contributed by atoms with Gasteiger partial charge in [-0.2, -0.15) is 0 Å². The van der Waals surface area contributed by atoms with Crippen molar-refractivity contribution >= 4 is 39.5 Å². The molecule has 0 saturated heterocycles. The fraction of sp³-hybridized carbons (Fsp3) is 0.951. The first-order valence-electron chi connectivity index (χ1n) is 41.8. The van der Waals surface area contributed by atoms with Gasteiger partial charge in [0.15, 0.2) is 12.2 Å². The highest BCUT2D eigenvalue weighted by molar-refractivity contribution is 7.47. The molecule has 19 heteroatoms. The average molecular weight is 1470 g/mol. The third kappa shape index (κ3) is 74.3. The molecule has 0 rings (SSSR count). The van der Waals surface area contributed by atoms with Gasteiger partial charge in [0.05, 0.1) is 26.4 Å². The van der Waals surface area contributed by atoms with Gasteiger partial charge < -0.3 is 33.8 Å². The van der Waals surface area contributed by atoms with Crippen LogP contribution in [0.1, 0.15) is 421 Å². The molecular formula is C81H158O17P2. The fourth-order valence-electron chi connectivity index (χ4n) is 12.5. The Morgan fingerprint density at radius 1 is 0.270 bits per heavy atom. The summed E-state index contributed by atoms with van der Waals surface area (Å²) in [5.74, 6) is 0.277. The Labute approximate surface area is 613 Å². The van der Waals surface area contributed by atoms with E-state index in [2.05, 4.69) is 48.5 Å². The van der Waals surface area contributed by atoms with Gasteiger partial charge in [-0.25, -0.2) is 9.13 Å². The van der Waals surface area contributed by atoms with Gasteiger partial charge in [-0.05, 0) is 43.4 Å². The summed E-state index contributed by atoms with van der Waals surface area (Å²) in [6.07, 6.45) is 59.9. The van der Waals surface area contributed by atoms with E-state index in [-0.39, 0.29) is 25.7 Å². The molecule has 0 aromatic heterocycles. The molecule has 0 aromatic rings. The maximum atomic E-state index is 13.1. The van der Waals surface area contributed by atoms with Gasteiger partial charge in [-0.1, -0.05) is 370 Å². The second-order valence-electron chi connectivity index (χ2n) is 30.6. The topological polar surface area (TPSA) is 237 Å². The second-order valence-corrected chi connectivity index (χ2v) is 33.5. The predicted molar refractivity (Wildman–Crippen MR) is 409 cm³/mol. The highest BCUT2D eigenvalue weighted by Crippen LogP contribution is 2.45. The van der Waals surface area contributed by atoms with E-state index in [1.807, 2.05) is 0 Å². The molecule has 594 valence electrons. The van der Waals surface area contributed by atoms with E-state index >= 15 is 0 Å². The van der Waals surface area contributed by atoms with Crippen LogP contribution in [0.4, 0.5) is 0 Å². The van der Waals surface area contributed by atoms with Crippen molar-refractivity contribution in [3.8, 4) is 0 Å². The summed E-state index contributed by atoms with van der Waals surface area (Å²) in [6, 6.07) is 0. The molecule has 0 aliphatic heterocycles. The van der Waals surface area contributed by atoms with Crippen LogP contribution < -0.4 is 0 Å². The number of esters is 4. The van der Waals surface area contributed by atoms with Crippen LogP contribution in [0.3, 0.4) is 0 Å². The van der Waals surface area contributed by atoms with Crippen LogP contribution in [-0.2, 0) is 65.4 Å². The number of carbonyl (C=O) groups is 4. The molecule has 0 aliphatic rings. The second kappa shape index (κ2) is 71.3. The van der Waals surface area contributed by atoms with Crippen molar-refractivity contribution in [3.05, 3.63) is 0 Å². The van der Waals surface area contributed by atoms with Crippen molar-refractivity contribution in [1.82, 2.24) is 0 Å². The maximum absolute atomic E-state index is 13.1.